The highest BCUT2D eigenvalue weighted by atomic mass is 16.6. The third kappa shape index (κ3) is 7.07. The Kier molecular flexibility index (Phi) is 9.24. The van der Waals surface area contributed by atoms with Gasteiger partial charge in [-0.05, 0) is 25.0 Å². The van der Waals surface area contributed by atoms with Gasteiger partial charge in [0.25, 0.3) is 5.91 Å². The van der Waals surface area contributed by atoms with Crippen molar-refractivity contribution in [2.24, 2.45) is 0 Å². The van der Waals surface area contributed by atoms with Gasteiger partial charge < -0.3 is 29.5 Å². The lowest BCUT2D eigenvalue weighted by Gasteiger charge is -2.31. The third-order valence-electron chi connectivity index (χ3n) is 5.97. The molecule has 0 aliphatic carbocycles. The van der Waals surface area contributed by atoms with Crippen molar-refractivity contribution in [2.45, 2.75) is 51.0 Å². The lowest BCUT2D eigenvalue weighted by Crippen LogP contribution is -2.56. The summed E-state index contributed by atoms with van der Waals surface area (Å²) in [5.74, 6) is -2.26. The predicted octanol–water partition coefficient (Wildman–Crippen LogP) is 2.33. The molecule has 37 heavy (non-hydrogen) atoms. The molecule has 0 saturated carbocycles. The van der Waals surface area contributed by atoms with E-state index in [-0.39, 0.29) is 32.7 Å². The smallest absolute Gasteiger partial charge is 0.408 e. The molecule has 10 heteroatoms. The van der Waals surface area contributed by atoms with Gasteiger partial charge in [-0.1, -0.05) is 60.7 Å². The Labute approximate surface area is 215 Å². The van der Waals surface area contributed by atoms with Crippen molar-refractivity contribution < 1.29 is 38.5 Å². The molecule has 1 saturated heterocycles. The van der Waals surface area contributed by atoms with Gasteiger partial charge in [0.15, 0.2) is 5.72 Å². The van der Waals surface area contributed by atoms with Gasteiger partial charge in [-0.3, -0.25) is 14.4 Å². The second-order valence-electron chi connectivity index (χ2n) is 8.77. The summed E-state index contributed by atoms with van der Waals surface area (Å²) in [4.78, 5) is 52.4. The van der Waals surface area contributed by atoms with Crippen LogP contribution in [-0.4, -0.2) is 65.0 Å². The summed E-state index contributed by atoms with van der Waals surface area (Å²) in [6.45, 7) is 2.71. The maximum absolute atomic E-state index is 13.9. The van der Waals surface area contributed by atoms with Gasteiger partial charge in [0.2, 0.25) is 0 Å². The van der Waals surface area contributed by atoms with E-state index in [0.717, 1.165) is 10.5 Å². The van der Waals surface area contributed by atoms with Gasteiger partial charge in [0.05, 0.1) is 19.6 Å². The van der Waals surface area contributed by atoms with Crippen molar-refractivity contribution in [1.82, 2.24) is 10.2 Å². The minimum atomic E-state index is -2.11. The Balaban J connectivity index is 1.93. The molecule has 2 atom stereocenters. The molecule has 1 unspecified atom stereocenters. The van der Waals surface area contributed by atoms with E-state index in [4.69, 9.17) is 14.2 Å². The average Bonchev–Trinajstić information content (AvgIpc) is 3.05. The molecular weight excluding hydrogens is 480 g/mol. The van der Waals surface area contributed by atoms with Crippen LogP contribution in [0.25, 0.3) is 0 Å². The number of hydrogen-bond donors (Lipinski definition) is 2. The second kappa shape index (κ2) is 12.4. The number of esters is 2. The number of aliphatic hydroxyl groups is 1. The average molecular weight is 513 g/mol. The van der Waals surface area contributed by atoms with Gasteiger partial charge in [0.1, 0.15) is 18.7 Å². The summed E-state index contributed by atoms with van der Waals surface area (Å²) in [7, 11) is 0. The van der Waals surface area contributed by atoms with E-state index in [9.17, 15) is 24.3 Å². The lowest BCUT2D eigenvalue weighted by atomic mass is 9.86. The number of ether oxygens (including phenoxy) is 3. The SMILES string of the molecule is CCOC(=O)CN1C(=O)[C@](Cc2ccccc2)(NC(=O)OCc2ccccc2)CC1(O)CC(=O)OCC. The number of likely N-dealkylation sites (tertiary alicyclic amines) is 1. The van der Waals surface area contributed by atoms with Crippen LogP contribution in [0.15, 0.2) is 60.7 Å². The zero-order valence-electron chi connectivity index (χ0n) is 21.0. The minimum absolute atomic E-state index is 0.0163. The first-order valence-corrected chi connectivity index (χ1v) is 12.1. The summed E-state index contributed by atoms with van der Waals surface area (Å²) < 4.78 is 15.3. The van der Waals surface area contributed by atoms with E-state index in [2.05, 4.69) is 5.32 Å². The number of carbonyl (C=O) groups excluding carboxylic acids is 4. The molecule has 1 fully saturated rings. The molecule has 1 aliphatic rings. The van der Waals surface area contributed by atoms with E-state index in [0.29, 0.717) is 5.56 Å². The highest BCUT2D eigenvalue weighted by Crippen LogP contribution is 2.40. The Bertz CT molecular complexity index is 1090. The Hall–Kier alpha value is -3.92. The van der Waals surface area contributed by atoms with Crippen LogP contribution < -0.4 is 5.32 Å². The normalized spacial score (nSPS) is 20.8. The zero-order valence-corrected chi connectivity index (χ0v) is 21.0. The van der Waals surface area contributed by atoms with Crippen molar-refractivity contribution in [1.29, 1.82) is 0 Å². The molecule has 0 spiro atoms. The molecule has 0 bridgehead atoms. The largest absolute Gasteiger partial charge is 0.466 e. The standard InChI is InChI=1S/C27H32N2O8/c1-3-35-22(30)16-27(34)19-26(15-20-11-7-5-8-12-20,24(32)29(27)17-23(31)36-4-2)28-25(33)37-18-21-13-9-6-10-14-21/h5-14,34H,3-4,15-19H2,1-2H3,(H,28,33)/t26-,27?/m1/s1. The van der Waals surface area contributed by atoms with Gasteiger partial charge in [-0.15, -0.1) is 0 Å². The molecule has 2 aromatic rings. The molecular formula is C27H32N2O8. The topological polar surface area (TPSA) is 131 Å². The number of hydrogen-bond acceptors (Lipinski definition) is 8. The van der Waals surface area contributed by atoms with Crippen molar-refractivity contribution in [3.8, 4) is 0 Å². The highest BCUT2D eigenvalue weighted by molar-refractivity contribution is 5.95. The van der Waals surface area contributed by atoms with E-state index in [1.54, 1.807) is 68.4 Å². The number of benzene rings is 2. The first-order chi connectivity index (χ1) is 17.7. The van der Waals surface area contributed by atoms with Crippen LogP contribution in [0.3, 0.4) is 0 Å². The van der Waals surface area contributed by atoms with Crippen LogP contribution in [0.1, 0.15) is 37.8 Å². The van der Waals surface area contributed by atoms with Crippen LogP contribution in [0.5, 0.6) is 0 Å². The Morgan fingerprint density at radius 3 is 2.05 bits per heavy atom. The molecule has 2 N–H and O–H groups in total. The van der Waals surface area contributed by atoms with Gasteiger partial charge >= 0.3 is 18.0 Å². The van der Waals surface area contributed by atoms with Crippen LogP contribution in [0, 0.1) is 0 Å². The van der Waals surface area contributed by atoms with Crippen LogP contribution in [-0.2, 0) is 41.6 Å². The number of amides is 2. The second-order valence-corrected chi connectivity index (χ2v) is 8.77. The van der Waals surface area contributed by atoms with Crippen LogP contribution >= 0.6 is 0 Å². The van der Waals surface area contributed by atoms with Crippen LogP contribution in [0.4, 0.5) is 4.79 Å². The van der Waals surface area contributed by atoms with Crippen LogP contribution in [0.2, 0.25) is 0 Å². The zero-order chi connectivity index (χ0) is 26.9. The molecule has 3 rings (SSSR count). The Morgan fingerprint density at radius 1 is 0.892 bits per heavy atom. The molecule has 0 radical (unpaired) electrons. The van der Waals surface area contributed by atoms with Crippen molar-refractivity contribution >= 4 is 23.9 Å². The Morgan fingerprint density at radius 2 is 1.46 bits per heavy atom. The fourth-order valence-electron chi connectivity index (χ4n) is 4.44. The molecule has 2 aromatic carbocycles. The summed E-state index contributed by atoms with van der Waals surface area (Å²) in [6, 6.07) is 17.9. The van der Waals surface area contributed by atoms with E-state index in [1.807, 2.05) is 6.07 Å². The van der Waals surface area contributed by atoms with E-state index in [1.165, 1.54) is 0 Å². The summed E-state index contributed by atoms with van der Waals surface area (Å²) in [6.07, 6.45) is -1.88. The third-order valence-corrected chi connectivity index (χ3v) is 5.97. The monoisotopic (exact) mass is 512 g/mol. The molecule has 1 aliphatic heterocycles. The number of nitrogens with zero attached hydrogens (tertiary/aromatic N) is 1. The predicted molar refractivity (Wildman–Crippen MR) is 132 cm³/mol. The van der Waals surface area contributed by atoms with Gasteiger partial charge in [0, 0.05) is 12.8 Å². The summed E-state index contributed by atoms with van der Waals surface area (Å²) in [5.41, 5.74) is -2.38. The first kappa shape index (κ1) is 27.7. The van der Waals surface area contributed by atoms with Gasteiger partial charge in [-0.2, -0.15) is 0 Å². The molecule has 0 aromatic heterocycles. The lowest BCUT2D eigenvalue weighted by molar-refractivity contribution is -0.169. The number of nitrogens with one attached hydrogen (secondary N) is 1. The number of rotatable bonds is 11. The molecule has 1 heterocycles. The fourth-order valence-corrected chi connectivity index (χ4v) is 4.44. The van der Waals surface area contributed by atoms with Crippen molar-refractivity contribution in [2.75, 3.05) is 19.8 Å². The quantitative estimate of drug-likeness (QED) is 0.346. The molecule has 198 valence electrons. The molecule has 10 nitrogen and oxygen atoms in total. The highest BCUT2D eigenvalue weighted by Gasteiger charge is 2.61. The fraction of sp³-hybridized carbons (Fsp3) is 0.407. The number of carbonyl (C=O) groups is 4. The first-order valence-electron chi connectivity index (χ1n) is 12.1. The van der Waals surface area contributed by atoms with E-state index >= 15 is 0 Å². The maximum atomic E-state index is 13.9. The molecule has 2 amide bonds. The maximum Gasteiger partial charge on any atom is 0.408 e. The van der Waals surface area contributed by atoms with Crippen molar-refractivity contribution in [3.05, 3.63) is 71.8 Å². The minimum Gasteiger partial charge on any atom is -0.466 e. The van der Waals surface area contributed by atoms with E-state index < -0.39 is 48.2 Å². The summed E-state index contributed by atoms with van der Waals surface area (Å²) >= 11 is 0. The summed E-state index contributed by atoms with van der Waals surface area (Å²) in [5, 5.41) is 14.2. The number of alkyl carbamates (subject to hydrolysis) is 1. The van der Waals surface area contributed by atoms with Gasteiger partial charge in [-0.25, -0.2) is 4.79 Å². The van der Waals surface area contributed by atoms with Crippen molar-refractivity contribution in [3.63, 3.8) is 0 Å².